The number of anilines is 1. The van der Waals surface area contributed by atoms with Gasteiger partial charge in [0.25, 0.3) is 0 Å². The summed E-state index contributed by atoms with van der Waals surface area (Å²) in [5.74, 6) is -0.453. The molecule has 1 aromatic heterocycles. The van der Waals surface area contributed by atoms with Crippen LogP contribution >= 0.6 is 11.3 Å². The molecule has 0 saturated carbocycles. The molecule has 0 bridgehead atoms. The summed E-state index contributed by atoms with van der Waals surface area (Å²) in [6, 6.07) is 14.4. The molecule has 0 atom stereocenters. The Balaban J connectivity index is 1.81. The average molecular weight is 446 g/mol. The molecule has 6 nitrogen and oxygen atoms in total. The van der Waals surface area contributed by atoms with Crippen LogP contribution in [0.5, 0.6) is 0 Å². The van der Waals surface area contributed by atoms with Gasteiger partial charge >= 0.3 is 0 Å². The van der Waals surface area contributed by atoms with E-state index in [-0.39, 0.29) is 23.0 Å². The van der Waals surface area contributed by atoms with Gasteiger partial charge < -0.3 is 4.90 Å². The van der Waals surface area contributed by atoms with Gasteiger partial charge in [-0.3, -0.25) is 9.69 Å². The first-order valence-corrected chi connectivity index (χ1v) is 12.4. The quantitative estimate of drug-likeness (QED) is 0.503. The van der Waals surface area contributed by atoms with Gasteiger partial charge in [-0.2, -0.15) is 0 Å². The van der Waals surface area contributed by atoms with Crippen LogP contribution in [-0.4, -0.2) is 57.1 Å². The van der Waals surface area contributed by atoms with E-state index in [0.717, 1.165) is 16.6 Å². The smallest absolute Gasteiger partial charge is 0.229 e. The Morgan fingerprint density at radius 3 is 2.47 bits per heavy atom. The fourth-order valence-electron chi connectivity index (χ4n) is 3.02. The average Bonchev–Trinajstić information content (AvgIpc) is 3.15. The van der Waals surface area contributed by atoms with Crippen molar-refractivity contribution in [1.82, 2.24) is 9.88 Å². The fourth-order valence-corrected chi connectivity index (χ4v) is 5.34. The van der Waals surface area contributed by atoms with Gasteiger partial charge in [-0.05, 0) is 50.3 Å². The molecule has 3 aromatic rings. The van der Waals surface area contributed by atoms with E-state index in [1.165, 1.54) is 16.9 Å². The van der Waals surface area contributed by atoms with Gasteiger partial charge in [-0.25, -0.2) is 13.4 Å². The summed E-state index contributed by atoms with van der Waals surface area (Å²) in [6.07, 6.45) is 0.852. The van der Waals surface area contributed by atoms with E-state index in [1.54, 1.807) is 35.2 Å². The molecule has 0 unspecified atom stereocenters. The lowest BCUT2D eigenvalue weighted by Crippen LogP contribution is -2.37. The second kappa shape index (κ2) is 9.68. The SMILES string of the molecule is CCc1ccc2nc(N(CCN(C)C)C(=O)CCS(=O)(=O)c3ccccc3)sc2c1. The van der Waals surface area contributed by atoms with Crippen molar-refractivity contribution in [2.75, 3.05) is 37.8 Å². The van der Waals surface area contributed by atoms with E-state index in [2.05, 4.69) is 18.0 Å². The van der Waals surface area contributed by atoms with Crippen molar-refractivity contribution >= 4 is 42.4 Å². The standard InChI is InChI=1S/C22H27N3O3S2/c1-4-17-10-11-19-20(16-17)29-22(23-19)25(14-13-24(2)3)21(26)12-15-30(27,28)18-8-6-5-7-9-18/h5-11,16H,4,12-15H2,1-3H3. The second-order valence-corrected chi connectivity index (χ2v) is 10.5. The number of fused-ring (bicyclic) bond motifs is 1. The van der Waals surface area contributed by atoms with E-state index >= 15 is 0 Å². The number of nitrogens with zero attached hydrogens (tertiary/aromatic N) is 3. The number of hydrogen-bond donors (Lipinski definition) is 0. The number of hydrogen-bond acceptors (Lipinski definition) is 6. The van der Waals surface area contributed by atoms with Crippen LogP contribution in [0.25, 0.3) is 10.2 Å². The van der Waals surface area contributed by atoms with Gasteiger partial charge in [0.2, 0.25) is 5.91 Å². The Morgan fingerprint density at radius 2 is 1.80 bits per heavy atom. The highest BCUT2D eigenvalue weighted by Crippen LogP contribution is 2.30. The molecule has 0 saturated heterocycles. The van der Waals surface area contributed by atoms with Gasteiger partial charge in [0, 0.05) is 19.5 Å². The van der Waals surface area contributed by atoms with Crippen LogP contribution in [0, 0.1) is 0 Å². The highest BCUT2D eigenvalue weighted by molar-refractivity contribution is 7.91. The van der Waals surface area contributed by atoms with E-state index in [9.17, 15) is 13.2 Å². The van der Waals surface area contributed by atoms with Crippen molar-refractivity contribution in [2.45, 2.75) is 24.7 Å². The van der Waals surface area contributed by atoms with Crippen molar-refractivity contribution in [3.63, 3.8) is 0 Å². The maximum absolute atomic E-state index is 13.0. The van der Waals surface area contributed by atoms with Crippen molar-refractivity contribution in [3.8, 4) is 0 Å². The summed E-state index contributed by atoms with van der Waals surface area (Å²) in [4.78, 5) is 21.5. The van der Waals surface area contributed by atoms with Crippen molar-refractivity contribution < 1.29 is 13.2 Å². The molecule has 0 spiro atoms. The molecular formula is C22H27N3O3S2. The molecule has 8 heteroatoms. The van der Waals surface area contributed by atoms with Gasteiger partial charge in [0.1, 0.15) is 0 Å². The largest absolute Gasteiger partial charge is 0.308 e. The summed E-state index contributed by atoms with van der Waals surface area (Å²) >= 11 is 1.47. The third-order valence-corrected chi connectivity index (χ3v) is 7.61. The molecule has 3 rings (SSSR count). The van der Waals surface area contributed by atoms with Gasteiger partial charge in [-0.15, -0.1) is 0 Å². The normalized spacial score (nSPS) is 11.9. The Morgan fingerprint density at radius 1 is 1.07 bits per heavy atom. The first-order valence-electron chi connectivity index (χ1n) is 9.92. The number of benzene rings is 2. The lowest BCUT2D eigenvalue weighted by Gasteiger charge is -2.22. The number of rotatable bonds is 9. The molecule has 1 heterocycles. The van der Waals surface area contributed by atoms with Gasteiger partial charge in [0.05, 0.1) is 20.9 Å². The summed E-state index contributed by atoms with van der Waals surface area (Å²) in [6.45, 7) is 3.22. The molecule has 0 fully saturated rings. The van der Waals surface area contributed by atoms with Crippen LogP contribution in [0.2, 0.25) is 0 Å². The lowest BCUT2D eigenvalue weighted by molar-refractivity contribution is -0.118. The predicted octanol–water partition coefficient (Wildman–Crippen LogP) is 3.62. The van der Waals surface area contributed by atoms with Crippen LogP contribution in [0.3, 0.4) is 0 Å². The van der Waals surface area contributed by atoms with Crippen molar-refractivity contribution in [1.29, 1.82) is 0 Å². The topological polar surface area (TPSA) is 70.6 Å². The fraction of sp³-hybridized carbons (Fsp3) is 0.364. The first-order chi connectivity index (χ1) is 14.3. The third kappa shape index (κ3) is 5.44. The molecule has 0 aliphatic heterocycles. The number of likely N-dealkylation sites (N-methyl/N-ethyl adjacent to an activating group) is 1. The van der Waals surface area contributed by atoms with Crippen LogP contribution in [0.4, 0.5) is 5.13 Å². The number of aromatic nitrogens is 1. The van der Waals surface area contributed by atoms with Gasteiger partial charge in [-0.1, -0.05) is 42.5 Å². The summed E-state index contributed by atoms with van der Waals surface area (Å²) in [5, 5.41) is 0.613. The Kier molecular flexibility index (Phi) is 7.23. The van der Waals surface area contributed by atoms with Crippen LogP contribution in [0.15, 0.2) is 53.4 Å². The molecule has 0 radical (unpaired) electrons. The predicted molar refractivity (Wildman–Crippen MR) is 123 cm³/mol. The number of carbonyl (C=O) groups is 1. The number of carbonyl (C=O) groups excluding carboxylic acids is 1. The zero-order valence-electron chi connectivity index (χ0n) is 17.5. The molecule has 1 amide bonds. The number of thiazole rings is 1. The zero-order valence-corrected chi connectivity index (χ0v) is 19.2. The second-order valence-electron chi connectivity index (χ2n) is 7.38. The van der Waals surface area contributed by atoms with E-state index in [4.69, 9.17) is 0 Å². The molecule has 0 N–H and O–H groups in total. The highest BCUT2D eigenvalue weighted by Gasteiger charge is 2.23. The molecule has 0 aliphatic rings. The molecule has 2 aromatic carbocycles. The third-order valence-electron chi connectivity index (χ3n) is 4.84. The van der Waals surface area contributed by atoms with Crippen LogP contribution in [-0.2, 0) is 21.1 Å². The van der Waals surface area contributed by atoms with E-state index in [0.29, 0.717) is 18.2 Å². The lowest BCUT2D eigenvalue weighted by atomic mass is 10.2. The van der Waals surface area contributed by atoms with Crippen LogP contribution in [0.1, 0.15) is 18.9 Å². The molecular weight excluding hydrogens is 418 g/mol. The maximum Gasteiger partial charge on any atom is 0.229 e. The number of amides is 1. The van der Waals surface area contributed by atoms with E-state index < -0.39 is 9.84 Å². The number of sulfone groups is 1. The Labute approximate surface area is 182 Å². The van der Waals surface area contributed by atoms with Crippen LogP contribution < -0.4 is 4.90 Å². The number of aryl methyl sites for hydroxylation is 1. The summed E-state index contributed by atoms with van der Waals surface area (Å²) in [5.41, 5.74) is 2.07. The molecule has 30 heavy (non-hydrogen) atoms. The molecule has 0 aliphatic carbocycles. The monoisotopic (exact) mass is 445 g/mol. The zero-order chi connectivity index (χ0) is 21.7. The van der Waals surface area contributed by atoms with Crippen molar-refractivity contribution in [3.05, 3.63) is 54.1 Å². The minimum absolute atomic E-state index is 0.0825. The van der Waals surface area contributed by atoms with E-state index in [1.807, 2.05) is 31.1 Å². The maximum atomic E-state index is 13.0. The molecule has 160 valence electrons. The highest BCUT2D eigenvalue weighted by atomic mass is 32.2. The first kappa shape index (κ1) is 22.4. The Bertz CT molecular complexity index is 1110. The summed E-state index contributed by atoms with van der Waals surface area (Å²) < 4.78 is 26.2. The minimum Gasteiger partial charge on any atom is -0.308 e. The Hall–Kier alpha value is -2.29. The minimum atomic E-state index is -3.51. The van der Waals surface area contributed by atoms with Crippen molar-refractivity contribution in [2.24, 2.45) is 0 Å². The van der Waals surface area contributed by atoms with Gasteiger partial charge in [0.15, 0.2) is 15.0 Å². The summed E-state index contributed by atoms with van der Waals surface area (Å²) in [7, 11) is 0.367.